The molecule has 0 saturated heterocycles. The zero-order valence-electron chi connectivity index (χ0n) is 6.87. The topological polar surface area (TPSA) is 29.4 Å². The van der Waals surface area contributed by atoms with Crippen LogP contribution in [0.4, 0.5) is 4.39 Å². The van der Waals surface area contributed by atoms with Crippen molar-refractivity contribution in [2.45, 2.75) is 6.92 Å². The van der Waals surface area contributed by atoms with Crippen LogP contribution in [0.1, 0.15) is 15.9 Å². The van der Waals surface area contributed by atoms with Gasteiger partial charge in [-0.3, -0.25) is 4.79 Å². The summed E-state index contributed by atoms with van der Waals surface area (Å²) in [5.41, 5.74) is 0.670. The molecule has 0 unspecified atom stereocenters. The first-order chi connectivity index (χ1) is 6.15. The van der Waals surface area contributed by atoms with E-state index in [0.717, 1.165) is 6.07 Å². The lowest BCUT2D eigenvalue weighted by molar-refractivity contribution is 0.100. The van der Waals surface area contributed by atoms with Crippen molar-refractivity contribution in [1.29, 1.82) is 0 Å². The van der Waals surface area contributed by atoms with Crippen LogP contribution < -0.4 is 0 Å². The van der Waals surface area contributed by atoms with Gasteiger partial charge in [-0.2, -0.15) is 4.99 Å². The highest BCUT2D eigenvalue weighted by Gasteiger charge is 2.05. The summed E-state index contributed by atoms with van der Waals surface area (Å²) < 4.78 is 12.9. The molecule has 1 amide bonds. The number of halogens is 1. The number of amides is 1. The Balaban J connectivity index is 3.10. The quantitative estimate of drug-likeness (QED) is 0.508. The number of hydrogen-bond acceptors (Lipinski definition) is 2. The summed E-state index contributed by atoms with van der Waals surface area (Å²) in [5, 5.41) is 1.94. The SMILES string of the molecule is Cc1ccc(C(=O)N=C=S)cc1F. The van der Waals surface area contributed by atoms with Crippen molar-refractivity contribution < 1.29 is 9.18 Å². The van der Waals surface area contributed by atoms with E-state index in [1.54, 1.807) is 6.92 Å². The van der Waals surface area contributed by atoms with Gasteiger partial charge >= 0.3 is 0 Å². The van der Waals surface area contributed by atoms with Crippen molar-refractivity contribution in [1.82, 2.24) is 0 Å². The Morgan fingerprint density at radius 3 is 2.85 bits per heavy atom. The van der Waals surface area contributed by atoms with Crippen molar-refractivity contribution in [3.05, 3.63) is 35.1 Å². The Hall–Kier alpha value is -1.38. The second-order valence-corrected chi connectivity index (χ2v) is 2.65. The lowest BCUT2D eigenvalue weighted by atomic mass is 10.1. The number of rotatable bonds is 1. The fourth-order valence-corrected chi connectivity index (χ4v) is 0.915. The average Bonchev–Trinajstić information content (AvgIpc) is 2.10. The predicted octanol–water partition coefficient (Wildman–Crippen LogP) is 2.38. The molecule has 1 aromatic carbocycles. The van der Waals surface area contributed by atoms with Gasteiger partial charge in [0.15, 0.2) is 0 Å². The molecular weight excluding hydrogens is 189 g/mol. The normalized spacial score (nSPS) is 9.08. The molecule has 0 radical (unpaired) electrons. The molecule has 1 aromatic rings. The van der Waals surface area contributed by atoms with E-state index < -0.39 is 11.7 Å². The third kappa shape index (κ3) is 2.28. The molecule has 0 spiro atoms. The molecule has 1 rings (SSSR count). The fraction of sp³-hybridized carbons (Fsp3) is 0.111. The van der Waals surface area contributed by atoms with Crippen LogP contribution in [0.3, 0.4) is 0 Å². The lowest BCUT2D eigenvalue weighted by Crippen LogP contribution is -1.95. The number of carbonyl (C=O) groups excluding carboxylic acids is 1. The van der Waals surface area contributed by atoms with Crippen LogP contribution in [-0.2, 0) is 0 Å². The minimum absolute atomic E-state index is 0.181. The third-order valence-corrected chi connectivity index (χ3v) is 1.66. The molecule has 0 bridgehead atoms. The van der Waals surface area contributed by atoms with Crippen molar-refractivity contribution >= 4 is 23.3 Å². The smallest absolute Gasteiger partial charge is 0.266 e. The van der Waals surface area contributed by atoms with Crippen molar-refractivity contribution in [3.8, 4) is 0 Å². The Morgan fingerprint density at radius 1 is 1.62 bits per heavy atom. The van der Waals surface area contributed by atoms with Crippen molar-refractivity contribution in [2.75, 3.05) is 0 Å². The second-order valence-electron chi connectivity index (χ2n) is 2.47. The van der Waals surface area contributed by atoms with Crippen LogP contribution in [0, 0.1) is 12.7 Å². The summed E-state index contributed by atoms with van der Waals surface area (Å²) in [6, 6.07) is 4.15. The average molecular weight is 195 g/mol. The molecule has 13 heavy (non-hydrogen) atoms. The molecule has 0 atom stereocenters. The Morgan fingerprint density at radius 2 is 2.31 bits per heavy atom. The van der Waals surface area contributed by atoms with Gasteiger partial charge in [0.25, 0.3) is 5.91 Å². The second kappa shape index (κ2) is 4.03. The van der Waals surface area contributed by atoms with Gasteiger partial charge in [0.2, 0.25) is 0 Å². The van der Waals surface area contributed by atoms with Gasteiger partial charge in [-0.25, -0.2) is 4.39 Å². The van der Waals surface area contributed by atoms with Gasteiger partial charge in [-0.1, -0.05) is 6.07 Å². The van der Waals surface area contributed by atoms with Crippen LogP contribution in [0.5, 0.6) is 0 Å². The number of aliphatic imine (C=N–C) groups is 1. The minimum atomic E-state index is -0.575. The van der Waals surface area contributed by atoms with Crippen LogP contribution in [0.15, 0.2) is 23.2 Å². The van der Waals surface area contributed by atoms with Gasteiger partial charge in [-0.15, -0.1) is 0 Å². The maximum atomic E-state index is 12.9. The fourth-order valence-electron chi connectivity index (χ4n) is 0.832. The van der Waals surface area contributed by atoms with Crippen LogP contribution >= 0.6 is 12.2 Å². The molecule has 0 fully saturated rings. The Kier molecular flexibility index (Phi) is 3.01. The van der Waals surface area contributed by atoms with E-state index in [0.29, 0.717) is 5.56 Å². The third-order valence-electron chi connectivity index (χ3n) is 1.57. The number of hydrogen-bond donors (Lipinski definition) is 0. The molecule has 0 aliphatic carbocycles. The molecule has 4 heteroatoms. The Labute approximate surface area is 80.1 Å². The highest BCUT2D eigenvalue weighted by Crippen LogP contribution is 2.09. The van der Waals surface area contributed by atoms with E-state index in [1.807, 2.05) is 5.16 Å². The van der Waals surface area contributed by atoms with Gasteiger partial charge < -0.3 is 0 Å². The summed E-state index contributed by atoms with van der Waals surface area (Å²) in [7, 11) is 0. The highest BCUT2D eigenvalue weighted by atomic mass is 32.1. The molecule has 0 aromatic heterocycles. The van der Waals surface area contributed by atoms with Gasteiger partial charge in [0.1, 0.15) is 5.82 Å². The van der Waals surface area contributed by atoms with Crippen LogP contribution in [0.2, 0.25) is 0 Å². The first-order valence-electron chi connectivity index (χ1n) is 3.53. The van der Waals surface area contributed by atoms with Gasteiger partial charge in [0, 0.05) is 5.56 Å². The first kappa shape index (κ1) is 9.71. The van der Waals surface area contributed by atoms with Crippen LogP contribution in [0.25, 0.3) is 0 Å². The molecule has 0 saturated carbocycles. The van der Waals surface area contributed by atoms with E-state index in [-0.39, 0.29) is 5.56 Å². The number of benzene rings is 1. The molecular formula is C9H6FNOS. The first-order valence-corrected chi connectivity index (χ1v) is 3.94. The predicted molar refractivity (Wildman–Crippen MR) is 50.5 cm³/mol. The maximum Gasteiger partial charge on any atom is 0.285 e. The standard InChI is InChI=1S/C9H6FNOS/c1-6-2-3-7(4-8(6)10)9(12)11-5-13/h2-4H,1H3. The summed E-state index contributed by atoms with van der Waals surface area (Å²) in [6.45, 7) is 1.62. The van der Waals surface area contributed by atoms with E-state index in [2.05, 4.69) is 17.2 Å². The number of isothiocyanates is 1. The van der Waals surface area contributed by atoms with E-state index >= 15 is 0 Å². The molecule has 0 heterocycles. The van der Waals surface area contributed by atoms with E-state index in [9.17, 15) is 9.18 Å². The number of carbonyl (C=O) groups is 1. The summed E-state index contributed by atoms with van der Waals surface area (Å²) in [6.07, 6.45) is 0. The zero-order chi connectivity index (χ0) is 9.84. The lowest BCUT2D eigenvalue weighted by Gasteiger charge is -1.97. The van der Waals surface area contributed by atoms with Crippen molar-refractivity contribution in [2.24, 2.45) is 4.99 Å². The van der Waals surface area contributed by atoms with E-state index in [1.165, 1.54) is 12.1 Å². The summed E-state index contributed by atoms with van der Waals surface area (Å²) in [4.78, 5) is 14.3. The molecule has 0 aliphatic rings. The summed E-state index contributed by atoms with van der Waals surface area (Å²) in [5.74, 6) is -1.00. The molecule has 66 valence electrons. The Bertz CT molecular complexity index is 397. The van der Waals surface area contributed by atoms with Crippen molar-refractivity contribution in [3.63, 3.8) is 0 Å². The minimum Gasteiger partial charge on any atom is -0.266 e. The van der Waals surface area contributed by atoms with E-state index in [4.69, 9.17) is 0 Å². The number of nitrogens with zero attached hydrogens (tertiary/aromatic N) is 1. The number of thiocarbonyl (C=S) groups is 1. The van der Waals surface area contributed by atoms with Gasteiger partial charge in [0.05, 0.1) is 5.16 Å². The molecule has 0 N–H and O–H groups in total. The maximum absolute atomic E-state index is 12.9. The largest absolute Gasteiger partial charge is 0.285 e. The van der Waals surface area contributed by atoms with Crippen LogP contribution in [-0.4, -0.2) is 11.1 Å². The number of aryl methyl sites for hydroxylation is 1. The monoisotopic (exact) mass is 195 g/mol. The van der Waals surface area contributed by atoms with Gasteiger partial charge in [-0.05, 0) is 36.8 Å². The molecule has 2 nitrogen and oxygen atoms in total. The zero-order valence-corrected chi connectivity index (χ0v) is 7.69. The summed E-state index contributed by atoms with van der Waals surface area (Å²) >= 11 is 4.26. The molecule has 0 aliphatic heterocycles. The highest BCUT2D eigenvalue weighted by molar-refractivity contribution is 7.78.